The van der Waals surface area contributed by atoms with Crippen molar-refractivity contribution >= 4 is 11.6 Å². The van der Waals surface area contributed by atoms with E-state index in [0.717, 1.165) is 18.5 Å². The Morgan fingerprint density at radius 3 is 2.50 bits per heavy atom. The Labute approximate surface area is 96.5 Å². The van der Waals surface area contributed by atoms with Gasteiger partial charge in [-0.25, -0.2) is 0 Å². The molecule has 0 aliphatic heterocycles. The third-order valence-corrected chi connectivity index (χ3v) is 2.41. The molecule has 0 aliphatic carbocycles. The molecule has 1 aromatic carbocycles. The average Bonchev–Trinajstić information content (AvgIpc) is 2.28. The summed E-state index contributed by atoms with van der Waals surface area (Å²) in [4.78, 5) is 11.5. The van der Waals surface area contributed by atoms with Gasteiger partial charge in [-0.05, 0) is 30.7 Å². The lowest BCUT2D eigenvalue weighted by Crippen LogP contribution is -2.10. The van der Waals surface area contributed by atoms with Crippen molar-refractivity contribution in [2.75, 3.05) is 5.32 Å². The first-order valence-corrected chi connectivity index (χ1v) is 5.81. The summed E-state index contributed by atoms with van der Waals surface area (Å²) in [5.41, 5.74) is 0.735. The Morgan fingerprint density at radius 1 is 1.19 bits per heavy atom. The lowest BCUT2D eigenvalue weighted by atomic mass is 10.1. The minimum absolute atomic E-state index is 0.0433. The first kappa shape index (κ1) is 12.6. The van der Waals surface area contributed by atoms with Crippen LogP contribution in [-0.4, -0.2) is 11.0 Å². The molecule has 0 atom stereocenters. The van der Waals surface area contributed by atoms with Crippen molar-refractivity contribution in [3.8, 4) is 5.75 Å². The minimum atomic E-state index is 0.0433. The maximum absolute atomic E-state index is 11.5. The number of anilines is 1. The Balaban J connectivity index is 2.26. The Hall–Kier alpha value is -1.51. The first-order valence-electron chi connectivity index (χ1n) is 5.81. The number of carbonyl (C=O) groups is 1. The van der Waals surface area contributed by atoms with Crippen LogP contribution >= 0.6 is 0 Å². The van der Waals surface area contributed by atoms with Crippen molar-refractivity contribution in [3.63, 3.8) is 0 Å². The lowest BCUT2D eigenvalue weighted by molar-refractivity contribution is -0.116. The summed E-state index contributed by atoms with van der Waals surface area (Å²) in [5, 5.41) is 11.9. The molecule has 0 unspecified atom stereocenters. The van der Waals surface area contributed by atoms with Crippen molar-refractivity contribution in [1.29, 1.82) is 0 Å². The summed E-state index contributed by atoms with van der Waals surface area (Å²) in [6.07, 6.45) is 4.99. The van der Waals surface area contributed by atoms with Gasteiger partial charge < -0.3 is 10.4 Å². The number of amides is 1. The maximum Gasteiger partial charge on any atom is 0.224 e. The quantitative estimate of drug-likeness (QED) is 0.572. The van der Waals surface area contributed by atoms with Gasteiger partial charge in [0.2, 0.25) is 5.91 Å². The van der Waals surface area contributed by atoms with E-state index >= 15 is 0 Å². The molecule has 0 bridgehead atoms. The molecule has 0 saturated heterocycles. The summed E-state index contributed by atoms with van der Waals surface area (Å²) in [6, 6.07) is 6.51. The number of unbranched alkanes of at least 4 members (excludes halogenated alkanes) is 3. The zero-order valence-electron chi connectivity index (χ0n) is 9.70. The van der Waals surface area contributed by atoms with E-state index in [2.05, 4.69) is 12.2 Å². The second-order valence-electron chi connectivity index (χ2n) is 3.91. The standard InChI is InChI=1S/C13H19NO2/c1-2-3-4-5-6-13(16)14-11-7-9-12(15)10-8-11/h7-10,15H,2-6H2,1H3,(H,14,16). The molecule has 0 spiro atoms. The molecule has 0 heterocycles. The molecule has 2 N–H and O–H groups in total. The van der Waals surface area contributed by atoms with E-state index in [1.807, 2.05) is 0 Å². The summed E-state index contributed by atoms with van der Waals surface area (Å²) in [6.45, 7) is 2.15. The topological polar surface area (TPSA) is 49.3 Å². The van der Waals surface area contributed by atoms with Crippen molar-refractivity contribution in [2.45, 2.75) is 39.0 Å². The Kier molecular flexibility index (Phi) is 5.40. The zero-order valence-corrected chi connectivity index (χ0v) is 9.70. The molecule has 1 amide bonds. The molecule has 0 aromatic heterocycles. The van der Waals surface area contributed by atoms with Crippen molar-refractivity contribution in [2.24, 2.45) is 0 Å². The summed E-state index contributed by atoms with van der Waals surface area (Å²) in [7, 11) is 0. The van der Waals surface area contributed by atoms with Crippen molar-refractivity contribution in [3.05, 3.63) is 24.3 Å². The third kappa shape index (κ3) is 4.82. The van der Waals surface area contributed by atoms with Gasteiger partial charge in [0, 0.05) is 12.1 Å². The number of phenolic OH excluding ortho intramolecular Hbond substituents is 1. The highest BCUT2D eigenvalue weighted by Gasteiger charge is 2.01. The van der Waals surface area contributed by atoms with Gasteiger partial charge in [-0.15, -0.1) is 0 Å². The smallest absolute Gasteiger partial charge is 0.224 e. The van der Waals surface area contributed by atoms with Crippen LogP contribution in [0.4, 0.5) is 5.69 Å². The molecule has 0 fully saturated rings. The molecular formula is C13H19NO2. The Bertz CT molecular complexity index is 319. The average molecular weight is 221 g/mol. The number of rotatable bonds is 6. The van der Waals surface area contributed by atoms with Gasteiger partial charge in [0.05, 0.1) is 0 Å². The maximum atomic E-state index is 11.5. The zero-order chi connectivity index (χ0) is 11.8. The first-order chi connectivity index (χ1) is 7.72. The highest BCUT2D eigenvalue weighted by atomic mass is 16.3. The van der Waals surface area contributed by atoms with Crippen LogP contribution in [0.1, 0.15) is 39.0 Å². The van der Waals surface area contributed by atoms with E-state index in [4.69, 9.17) is 5.11 Å². The lowest BCUT2D eigenvalue weighted by Gasteiger charge is -2.04. The monoisotopic (exact) mass is 221 g/mol. The molecule has 3 nitrogen and oxygen atoms in total. The summed E-state index contributed by atoms with van der Waals surface area (Å²) >= 11 is 0. The van der Waals surface area contributed by atoms with E-state index in [-0.39, 0.29) is 11.7 Å². The Morgan fingerprint density at radius 2 is 1.88 bits per heavy atom. The number of hydrogen-bond donors (Lipinski definition) is 2. The fourth-order valence-electron chi connectivity index (χ4n) is 1.48. The van der Waals surface area contributed by atoms with Gasteiger partial charge in [0.1, 0.15) is 5.75 Å². The molecule has 88 valence electrons. The molecule has 1 aromatic rings. The molecule has 1 rings (SSSR count). The van der Waals surface area contributed by atoms with Crippen molar-refractivity contribution < 1.29 is 9.90 Å². The van der Waals surface area contributed by atoms with Gasteiger partial charge >= 0.3 is 0 Å². The van der Waals surface area contributed by atoms with Crippen LogP contribution in [0.2, 0.25) is 0 Å². The van der Waals surface area contributed by atoms with E-state index in [1.165, 1.54) is 12.8 Å². The SMILES string of the molecule is CCCCCCC(=O)Nc1ccc(O)cc1. The summed E-state index contributed by atoms with van der Waals surface area (Å²) < 4.78 is 0. The van der Waals surface area contributed by atoms with Gasteiger partial charge in [-0.2, -0.15) is 0 Å². The van der Waals surface area contributed by atoms with E-state index in [9.17, 15) is 4.79 Å². The fourth-order valence-corrected chi connectivity index (χ4v) is 1.48. The largest absolute Gasteiger partial charge is 0.508 e. The van der Waals surface area contributed by atoms with Gasteiger partial charge in [0.15, 0.2) is 0 Å². The van der Waals surface area contributed by atoms with Crippen LogP contribution in [0.15, 0.2) is 24.3 Å². The fraction of sp³-hybridized carbons (Fsp3) is 0.462. The van der Waals surface area contributed by atoms with E-state index < -0.39 is 0 Å². The number of nitrogens with one attached hydrogen (secondary N) is 1. The van der Waals surface area contributed by atoms with Gasteiger partial charge in [0.25, 0.3) is 0 Å². The summed E-state index contributed by atoms with van der Waals surface area (Å²) in [5.74, 6) is 0.253. The predicted molar refractivity (Wildman–Crippen MR) is 65.5 cm³/mol. The van der Waals surface area contributed by atoms with Crippen LogP contribution in [-0.2, 0) is 4.79 Å². The second-order valence-corrected chi connectivity index (χ2v) is 3.91. The molecule has 3 heteroatoms. The number of aromatic hydroxyl groups is 1. The number of hydrogen-bond acceptors (Lipinski definition) is 2. The molecule has 0 aliphatic rings. The number of benzene rings is 1. The van der Waals surface area contributed by atoms with Crippen LogP contribution in [0.5, 0.6) is 5.75 Å². The molecule has 0 radical (unpaired) electrons. The molecular weight excluding hydrogens is 202 g/mol. The van der Waals surface area contributed by atoms with Crippen LogP contribution < -0.4 is 5.32 Å². The number of phenols is 1. The highest BCUT2D eigenvalue weighted by molar-refractivity contribution is 5.90. The van der Waals surface area contributed by atoms with Crippen LogP contribution in [0.25, 0.3) is 0 Å². The highest BCUT2D eigenvalue weighted by Crippen LogP contribution is 2.14. The minimum Gasteiger partial charge on any atom is -0.508 e. The van der Waals surface area contributed by atoms with Gasteiger partial charge in [-0.3, -0.25) is 4.79 Å². The van der Waals surface area contributed by atoms with E-state index in [0.29, 0.717) is 6.42 Å². The normalized spacial score (nSPS) is 10.1. The third-order valence-electron chi connectivity index (χ3n) is 2.41. The number of carbonyl (C=O) groups excluding carboxylic acids is 1. The van der Waals surface area contributed by atoms with E-state index in [1.54, 1.807) is 24.3 Å². The molecule has 0 saturated carbocycles. The second kappa shape index (κ2) is 6.88. The van der Waals surface area contributed by atoms with Crippen molar-refractivity contribution in [1.82, 2.24) is 0 Å². The van der Waals surface area contributed by atoms with Crippen LogP contribution in [0, 0.1) is 0 Å². The van der Waals surface area contributed by atoms with Gasteiger partial charge in [-0.1, -0.05) is 26.2 Å². The van der Waals surface area contributed by atoms with Crippen LogP contribution in [0.3, 0.4) is 0 Å². The molecule has 16 heavy (non-hydrogen) atoms. The predicted octanol–water partition coefficient (Wildman–Crippen LogP) is 3.30.